The number of nitrogens with zero attached hydrogens (tertiary/aromatic N) is 4. The average molecular weight is 249 g/mol. The highest BCUT2D eigenvalue weighted by Crippen LogP contribution is 2.31. The molecule has 0 saturated heterocycles. The quantitative estimate of drug-likeness (QED) is 0.781. The molecule has 2 aromatic heterocycles. The van der Waals surface area contributed by atoms with Crippen molar-refractivity contribution in [1.29, 1.82) is 0 Å². The van der Waals surface area contributed by atoms with E-state index >= 15 is 0 Å². The summed E-state index contributed by atoms with van der Waals surface area (Å²) in [5.41, 5.74) is 2.67. The van der Waals surface area contributed by atoms with E-state index in [1.807, 2.05) is 10.9 Å². The molecule has 0 aliphatic heterocycles. The molecule has 88 valence electrons. The predicted octanol–water partition coefficient (Wildman–Crippen LogP) is 2.49. The first-order valence-electron chi connectivity index (χ1n) is 5.75. The number of aromatic nitrogens is 4. The molecule has 1 aliphatic carbocycles. The van der Waals surface area contributed by atoms with Crippen LogP contribution in [-0.4, -0.2) is 19.7 Å². The van der Waals surface area contributed by atoms with Gasteiger partial charge in [0.05, 0.1) is 12.1 Å². The van der Waals surface area contributed by atoms with Crippen LogP contribution in [0.4, 0.5) is 0 Å². The highest BCUT2D eigenvalue weighted by molar-refractivity contribution is 6.17. The summed E-state index contributed by atoms with van der Waals surface area (Å²) in [6.45, 7) is 0.990. The second kappa shape index (κ2) is 4.45. The standard InChI is InChI=1S/C12H13ClN4/c13-5-10-8-17(7-9-1-2-9)16-12(10)11-6-14-3-4-15-11/h3-4,6,8-9H,1-2,5,7H2. The van der Waals surface area contributed by atoms with Gasteiger partial charge in [-0.25, -0.2) is 0 Å². The molecule has 2 aromatic rings. The molecule has 1 saturated carbocycles. The van der Waals surface area contributed by atoms with Crippen LogP contribution in [0.3, 0.4) is 0 Å². The maximum absolute atomic E-state index is 5.95. The normalized spacial score (nSPS) is 15.1. The molecule has 0 bridgehead atoms. The Labute approximate surface area is 105 Å². The summed E-state index contributed by atoms with van der Waals surface area (Å²) in [7, 11) is 0. The van der Waals surface area contributed by atoms with Gasteiger partial charge in [-0.1, -0.05) is 0 Å². The van der Waals surface area contributed by atoms with Gasteiger partial charge in [-0.15, -0.1) is 11.6 Å². The van der Waals surface area contributed by atoms with Gasteiger partial charge in [0.1, 0.15) is 11.4 Å². The molecular weight excluding hydrogens is 236 g/mol. The molecule has 0 aromatic carbocycles. The first-order chi connectivity index (χ1) is 8.36. The predicted molar refractivity (Wildman–Crippen MR) is 65.5 cm³/mol. The number of alkyl halides is 1. The third-order valence-electron chi connectivity index (χ3n) is 2.93. The number of halogens is 1. The first-order valence-corrected chi connectivity index (χ1v) is 6.29. The van der Waals surface area contributed by atoms with E-state index in [0.717, 1.165) is 29.4 Å². The zero-order valence-electron chi connectivity index (χ0n) is 9.38. The fourth-order valence-corrected chi connectivity index (χ4v) is 2.05. The largest absolute Gasteiger partial charge is 0.271 e. The summed E-state index contributed by atoms with van der Waals surface area (Å²) < 4.78 is 1.99. The van der Waals surface area contributed by atoms with Crippen LogP contribution < -0.4 is 0 Å². The summed E-state index contributed by atoms with van der Waals surface area (Å²) in [6, 6.07) is 0. The SMILES string of the molecule is ClCc1cn(CC2CC2)nc1-c1cnccn1. The van der Waals surface area contributed by atoms with Crippen LogP contribution >= 0.6 is 11.6 Å². The Kier molecular flexibility index (Phi) is 2.81. The Hall–Kier alpha value is -1.42. The van der Waals surface area contributed by atoms with Crippen molar-refractivity contribution in [2.24, 2.45) is 5.92 Å². The third-order valence-corrected chi connectivity index (χ3v) is 3.22. The van der Waals surface area contributed by atoms with Gasteiger partial charge in [0.2, 0.25) is 0 Å². The molecule has 0 N–H and O–H groups in total. The molecule has 0 radical (unpaired) electrons. The monoisotopic (exact) mass is 248 g/mol. The fourth-order valence-electron chi connectivity index (χ4n) is 1.86. The minimum atomic E-state index is 0.455. The summed E-state index contributed by atoms with van der Waals surface area (Å²) in [5, 5.41) is 4.56. The Bertz CT molecular complexity index is 504. The van der Waals surface area contributed by atoms with E-state index in [1.54, 1.807) is 18.6 Å². The van der Waals surface area contributed by atoms with Crippen molar-refractivity contribution in [2.45, 2.75) is 25.3 Å². The molecule has 17 heavy (non-hydrogen) atoms. The van der Waals surface area contributed by atoms with Gasteiger partial charge in [-0.3, -0.25) is 14.6 Å². The Morgan fingerprint density at radius 1 is 1.35 bits per heavy atom. The van der Waals surface area contributed by atoms with Crippen molar-refractivity contribution in [2.75, 3.05) is 0 Å². The summed E-state index contributed by atoms with van der Waals surface area (Å²) in [4.78, 5) is 8.33. The minimum absolute atomic E-state index is 0.455. The molecule has 0 unspecified atom stereocenters. The van der Waals surface area contributed by atoms with E-state index in [1.165, 1.54) is 12.8 Å². The van der Waals surface area contributed by atoms with E-state index in [9.17, 15) is 0 Å². The van der Waals surface area contributed by atoms with Crippen LogP contribution in [0, 0.1) is 5.92 Å². The Morgan fingerprint density at radius 3 is 2.88 bits per heavy atom. The van der Waals surface area contributed by atoms with Crippen LogP contribution in [0.15, 0.2) is 24.8 Å². The highest BCUT2D eigenvalue weighted by atomic mass is 35.5. The molecule has 0 amide bonds. The first kappa shape index (κ1) is 10.7. The zero-order valence-corrected chi connectivity index (χ0v) is 10.1. The van der Waals surface area contributed by atoms with Crippen LogP contribution in [0.5, 0.6) is 0 Å². The van der Waals surface area contributed by atoms with Gasteiger partial charge in [0.15, 0.2) is 0 Å². The van der Waals surface area contributed by atoms with Gasteiger partial charge in [0, 0.05) is 30.7 Å². The van der Waals surface area contributed by atoms with Crippen LogP contribution in [-0.2, 0) is 12.4 Å². The van der Waals surface area contributed by atoms with Crippen LogP contribution in [0.1, 0.15) is 18.4 Å². The van der Waals surface area contributed by atoms with Gasteiger partial charge < -0.3 is 0 Å². The van der Waals surface area contributed by atoms with Crippen molar-refractivity contribution in [3.05, 3.63) is 30.4 Å². The molecule has 0 spiro atoms. The molecular formula is C12H13ClN4. The second-order valence-corrected chi connectivity index (χ2v) is 4.66. The summed E-state index contributed by atoms with van der Waals surface area (Å²) >= 11 is 5.95. The highest BCUT2D eigenvalue weighted by Gasteiger charge is 2.23. The third kappa shape index (κ3) is 2.31. The van der Waals surface area contributed by atoms with Gasteiger partial charge in [-0.2, -0.15) is 5.10 Å². The maximum Gasteiger partial charge on any atom is 0.117 e. The molecule has 0 atom stereocenters. The van der Waals surface area contributed by atoms with E-state index in [-0.39, 0.29) is 0 Å². The molecule has 3 rings (SSSR count). The Balaban J connectivity index is 1.94. The molecule has 1 aliphatic rings. The van der Waals surface area contributed by atoms with Crippen molar-refractivity contribution in [3.8, 4) is 11.4 Å². The molecule has 2 heterocycles. The Morgan fingerprint density at radius 2 is 2.24 bits per heavy atom. The molecule has 4 nitrogen and oxygen atoms in total. The number of hydrogen-bond donors (Lipinski definition) is 0. The topological polar surface area (TPSA) is 43.6 Å². The number of rotatable bonds is 4. The lowest BCUT2D eigenvalue weighted by Crippen LogP contribution is -2.00. The van der Waals surface area contributed by atoms with Gasteiger partial charge in [-0.05, 0) is 18.8 Å². The van der Waals surface area contributed by atoms with E-state index in [0.29, 0.717) is 5.88 Å². The fraction of sp³-hybridized carbons (Fsp3) is 0.417. The molecule has 1 fully saturated rings. The van der Waals surface area contributed by atoms with Gasteiger partial charge >= 0.3 is 0 Å². The van der Waals surface area contributed by atoms with Crippen LogP contribution in [0.2, 0.25) is 0 Å². The smallest absolute Gasteiger partial charge is 0.117 e. The van der Waals surface area contributed by atoms with Crippen molar-refractivity contribution >= 4 is 11.6 Å². The van der Waals surface area contributed by atoms with Crippen molar-refractivity contribution in [1.82, 2.24) is 19.7 Å². The van der Waals surface area contributed by atoms with Crippen molar-refractivity contribution in [3.63, 3.8) is 0 Å². The average Bonchev–Trinajstić information content (AvgIpc) is 3.08. The number of hydrogen-bond acceptors (Lipinski definition) is 3. The van der Waals surface area contributed by atoms with Crippen LogP contribution in [0.25, 0.3) is 11.4 Å². The van der Waals surface area contributed by atoms with Crippen molar-refractivity contribution < 1.29 is 0 Å². The minimum Gasteiger partial charge on any atom is -0.271 e. The molecule has 5 heteroatoms. The zero-order chi connectivity index (χ0) is 11.7. The maximum atomic E-state index is 5.95. The van der Waals surface area contributed by atoms with E-state index in [4.69, 9.17) is 11.6 Å². The lowest BCUT2D eigenvalue weighted by molar-refractivity contribution is 0.564. The lowest BCUT2D eigenvalue weighted by atomic mass is 10.2. The van der Waals surface area contributed by atoms with E-state index in [2.05, 4.69) is 15.1 Å². The summed E-state index contributed by atoms with van der Waals surface area (Å²) in [6.07, 6.45) is 9.71. The van der Waals surface area contributed by atoms with E-state index < -0.39 is 0 Å². The second-order valence-electron chi connectivity index (χ2n) is 4.39. The van der Waals surface area contributed by atoms with Gasteiger partial charge in [0.25, 0.3) is 0 Å². The lowest BCUT2D eigenvalue weighted by Gasteiger charge is -1.97. The summed E-state index contributed by atoms with van der Waals surface area (Å²) in [5.74, 6) is 1.25.